The second-order valence-corrected chi connectivity index (χ2v) is 5.00. The van der Waals surface area contributed by atoms with Crippen LogP contribution in [0.4, 0.5) is 0 Å². The molecule has 5 nitrogen and oxygen atoms in total. The minimum absolute atomic E-state index is 0.163. The Hall–Kier alpha value is -1.62. The maximum atomic E-state index is 12.3. The number of carbonyl (C=O) groups excluding carboxylic acids is 2. The summed E-state index contributed by atoms with van der Waals surface area (Å²) < 4.78 is 0. The number of hydrogen-bond acceptors (Lipinski definition) is 3. The molecule has 2 amide bonds. The molecule has 1 saturated heterocycles. The van der Waals surface area contributed by atoms with Gasteiger partial charge in [-0.2, -0.15) is 0 Å². The van der Waals surface area contributed by atoms with Crippen LogP contribution >= 0.6 is 11.6 Å². The average molecular weight is 268 g/mol. The third-order valence-corrected chi connectivity index (χ3v) is 3.24. The summed E-state index contributed by atoms with van der Waals surface area (Å²) in [6.45, 7) is 4.34. The van der Waals surface area contributed by atoms with Crippen LogP contribution in [0.1, 0.15) is 24.3 Å². The van der Waals surface area contributed by atoms with Crippen molar-refractivity contribution in [3.05, 3.63) is 29.0 Å². The van der Waals surface area contributed by atoms with E-state index in [2.05, 4.69) is 10.3 Å². The molecule has 0 radical (unpaired) electrons. The summed E-state index contributed by atoms with van der Waals surface area (Å²) in [5, 5.41) is 3.00. The summed E-state index contributed by atoms with van der Waals surface area (Å²) in [5.74, 6) is -0.443. The van der Waals surface area contributed by atoms with E-state index in [1.807, 2.05) is 0 Å². The van der Waals surface area contributed by atoms with Crippen LogP contribution in [0.3, 0.4) is 0 Å². The van der Waals surface area contributed by atoms with Crippen molar-refractivity contribution in [1.82, 2.24) is 15.2 Å². The maximum Gasteiger partial charge on any atom is 0.273 e. The summed E-state index contributed by atoms with van der Waals surface area (Å²) >= 11 is 5.77. The molecule has 0 atom stereocenters. The fraction of sp³-hybridized carbons (Fsp3) is 0.417. The predicted molar refractivity (Wildman–Crippen MR) is 67.4 cm³/mol. The van der Waals surface area contributed by atoms with E-state index in [1.165, 1.54) is 4.90 Å². The fourth-order valence-electron chi connectivity index (χ4n) is 1.92. The standard InChI is InChI=1S/C12H14ClN3O2/c1-12(2)11(18)14-6-7-16(12)10(17)8-4-3-5-9(13)15-8/h3-5H,6-7H2,1-2H3,(H,14,18). The van der Waals surface area contributed by atoms with Crippen molar-refractivity contribution >= 4 is 23.4 Å². The van der Waals surface area contributed by atoms with Crippen molar-refractivity contribution in [2.24, 2.45) is 0 Å². The summed E-state index contributed by atoms with van der Waals surface area (Å²) in [4.78, 5) is 29.6. The molecule has 0 saturated carbocycles. The number of rotatable bonds is 1. The van der Waals surface area contributed by atoms with Gasteiger partial charge >= 0.3 is 0 Å². The number of piperazine rings is 1. The lowest BCUT2D eigenvalue weighted by atomic mass is 9.98. The van der Waals surface area contributed by atoms with Crippen LogP contribution in [0, 0.1) is 0 Å². The molecule has 1 aromatic rings. The molecule has 1 aliphatic rings. The number of nitrogens with one attached hydrogen (secondary N) is 1. The third kappa shape index (κ3) is 2.18. The molecule has 0 aromatic carbocycles. The van der Waals surface area contributed by atoms with Crippen LogP contribution in [0.5, 0.6) is 0 Å². The molecular weight excluding hydrogens is 254 g/mol. The zero-order valence-electron chi connectivity index (χ0n) is 10.2. The minimum atomic E-state index is -0.876. The van der Waals surface area contributed by atoms with E-state index in [4.69, 9.17) is 11.6 Å². The van der Waals surface area contributed by atoms with Gasteiger partial charge in [0.1, 0.15) is 16.4 Å². The van der Waals surface area contributed by atoms with Gasteiger partial charge < -0.3 is 10.2 Å². The average Bonchev–Trinajstić information content (AvgIpc) is 2.32. The van der Waals surface area contributed by atoms with Crippen LogP contribution in [-0.4, -0.2) is 40.3 Å². The lowest BCUT2D eigenvalue weighted by Gasteiger charge is -2.40. The topological polar surface area (TPSA) is 62.3 Å². The maximum absolute atomic E-state index is 12.3. The molecule has 0 spiro atoms. The van der Waals surface area contributed by atoms with E-state index < -0.39 is 5.54 Å². The highest BCUT2D eigenvalue weighted by Crippen LogP contribution is 2.20. The lowest BCUT2D eigenvalue weighted by Crippen LogP contribution is -2.63. The van der Waals surface area contributed by atoms with Crippen molar-refractivity contribution in [2.45, 2.75) is 19.4 Å². The van der Waals surface area contributed by atoms with Crippen molar-refractivity contribution in [2.75, 3.05) is 13.1 Å². The smallest absolute Gasteiger partial charge is 0.273 e. The van der Waals surface area contributed by atoms with Gasteiger partial charge in [0.25, 0.3) is 5.91 Å². The number of amides is 2. The highest BCUT2D eigenvalue weighted by Gasteiger charge is 2.41. The van der Waals surface area contributed by atoms with E-state index in [0.29, 0.717) is 13.1 Å². The molecule has 18 heavy (non-hydrogen) atoms. The Morgan fingerprint density at radius 3 is 2.89 bits per heavy atom. The fourth-order valence-corrected chi connectivity index (χ4v) is 2.08. The van der Waals surface area contributed by atoms with E-state index >= 15 is 0 Å². The number of pyridine rings is 1. The van der Waals surface area contributed by atoms with Gasteiger partial charge in [0.05, 0.1) is 0 Å². The lowest BCUT2D eigenvalue weighted by molar-refractivity contribution is -0.133. The van der Waals surface area contributed by atoms with Crippen LogP contribution < -0.4 is 5.32 Å². The summed E-state index contributed by atoms with van der Waals surface area (Å²) in [7, 11) is 0. The summed E-state index contributed by atoms with van der Waals surface area (Å²) in [6.07, 6.45) is 0. The molecule has 96 valence electrons. The molecule has 0 aliphatic carbocycles. The molecule has 1 fully saturated rings. The zero-order chi connectivity index (χ0) is 13.3. The van der Waals surface area contributed by atoms with Crippen LogP contribution in [0.2, 0.25) is 5.15 Å². The quantitative estimate of drug-likeness (QED) is 0.775. The number of nitrogens with zero attached hydrogens (tertiary/aromatic N) is 2. The molecule has 0 unspecified atom stereocenters. The largest absolute Gasteiger partial charge is 0.352 e. The highest BCUT2D eigenvalue weighted by atomic mass is 35.5. The van der Waals surface area contributed by atoms with Gasteiger partial charge in [-0.3, -0.25) is 9.59 Å². The first kappa shape index (κ1) is 12.8. The van der Waals surface area contributed by atoms with Gasteiger partial charge in [-0.1, -0.05) is 17.7 Å². The number of halogens is 1. The molecule has 0 bridgehead atoms. The van der Waals surface area contributed by atoms with Crippen molar-refractivity contribution < 1.29 is 9.59 Å². The number of aromatic nitrogens is 1. The normalized spacial score (nSPS) is 18.4. The van der Waals surface area contributed by atoms with Crippen LogP contribution in [0.15, 0.2) is 18.2 Å². The van der Waals surface area contributed by atoms with Crippen LogP contribution in [-0.2, 0) is 4.79 Å². The van der Waals surface area contributed by atoms with Crippen molar-refractivity contribution in [1.29, 1.82) is 0 Å². The Bertz CT molecular complexity index is 502. The molecule has 1 N–H and O–H groups in total. The monoisotopic (exact) mass is 267 g/mol. The van der Waals surface area contributed by atoms with Crippen LogP contribution in [0.25, 0.3) is 0 Å². The Balaban J connectivity index is 2.31. The second kappa shape index (κ2) is 4.57. The van der Waals surface area contributed by atoms with Gasteiger partial charge in [0, 0.05) is 13.1 Å². The molecule has 1 aliphatic heterocycles. The Morgan fingerprint density at radius 1 is 1.50 bits per heavy atom. The predicted octanol–water partition coefficient (Wildman–Crippen LogP) is 1.09. The van der Waals surface area contributed by atoms with E-state index in [9.17, 15) is 9.59 Å². The first-order valence-corrected chi connectivity index (χ1v) is 6.03. The van der Waals surface area contributed by atoms with Gasteiger partial charge in [-0.25, -0.2) is 4.98 Å². The van der Waals surface area contributed by atoms with Gasteiger partial charge in [0.2, 0.25) is 5.91 Å². The van der Waals surface area contributed by atoms with E-state index in [0.717, 1.165) is 0 Å². The van der Waals surface area contributed by atoms with Crippen molar-refractivity contribution in [3.63, 3.8) is 0 Å². The number of carbonyl (C=O) groups is 2. The third-order valence-electron chi connectivity index (χ3n) is 3.03. The summed E-state index contributed by atoms with van der Waals surface area (Å²) in [6, 6.07) is 4.86. The Kier molecular flexibility index (Phi) is 3.26. The second-order valence-electron chi connectivity index (χ2n) is 4.62. The van der Waals surface area contributed by atoms with E-state index in [1.54, 1.807) is 32.0 Å². The molecule has 2 heterocycles. The summed E-state index contributed by atoms with van der Waals surface area (Å²) in [5.41, 5.74) is -0.621. The Morgan fingerprint density at radius 2 is 2.22 bits per heavy atom. The highest BCUT2D eigenvalue weighted by molar-refractivity contribution is 6.29. The SMILES string of the molecule is CC1(C)C(=O)NCCN1C(=O)c1cccc(Cl)n1. The first-order valence-electron chi connectivity index (χ1n) is 5.66. The van der Waals surface area contributed by atoms with Gasteiger partial charge in [0.15, 0.2) is 0 Å². The van der Waals surface area contributed by atoms with E-state index in [-0.39, 0.29) is 22.7 Å². The van der Waals surface area contributed by atoms with Gasteiger partial charge in [-0.05, 0) is 26.0 Å². The van der Waals surface area contributed by atoms with Gasteiger partial charge in [-0.15, -0.1) is 0 Å². The molecule has 1 aromatic heterocycles. The number of hydrogen-bond donors (Lipinski definition) is 1. The first-order chi connectivity index (χ1) is 8.43. The molecular formula is C12H14ClN3O2. The zero-order valence-corrected chi connectivity index (χ0v) is 11.0. The molecule has 2 rings (SSSR count). The minimum Gasteiger partial charge on any atom is -0.352 e. The van der Waals surface area contributed by atoms with Crippen molar-refractivity contribution in [3.8, 4) is 0 Å². The molecule has 6 heteroatoms. The Labute approximate surface area is 110 Å².